The summed E-state index contributed by atoms with van der Waals surface area (Å²) in [5, 5.41) is 0.564. The summed E-state index contributed by atoms with van der Waals surface area (Å²) in [5.74, 6) is 0.440. The molecular weight excluding hydrogens is 421 g/mol. The first-order chi connectivity index (χ1) is 14.2. The van der Waals surface area contributed by atoms with Crippen molar-refractivity contribution in [1.82, 2.24) is 9.55 Å². The molecule has 0 saturated carbocycles. The minimum Gasteiger partial charge on any atom is -0.378 e. The highest BCUT2D eigenvalue weighted by molar-refractivity contribution is 6.30. The normalized spacial score (nSPS) is 21.8. The number of halogens is 4. The largest absolute Gasteiger partial charge is 0.413 e. The maximum absolute atomic E-state index is 14.1. The molecule has 0 N–H and O–H groups in total. The van der Waals surface area contributed by atoms with Crippen molar-refractivity contribution in [3.8, 4) is 0 Å². The van der Waals surface area contributed by atoms with Crippen LogP contribution in [0.3, 0.4) is 0 Å². The van der Waals surface area contributed by atoms with Gasteiger partial charge in [0.1, 0.15) is 5.82 Å². The zero-order valence-corrected chi connectivity index (χ0v) is 17.2. The van der Waals surface area contributed by atoms with Gasteiger partial charge in [0.05, 0.1) is 19.8 Å². The molecule has 162 valence electrons. The van der Waals surface area contributed by atoms with Crippen LogP contribution >= 0.6 is 11.6 Å². The number of morpholine rings is 1. The molecule has 1 unspecified atom stereocenters. The lowest BCUT2D eigenvalue weighted by Gasteiger charge is -2.37. The van der Waals surface area contributed by atoms with Gasteiger partial charge in [-0.25, -0.2) is 0 Å². The molecule has 6 nitrogen and oxygen atoms in total. The zero-order valence-electron chi connectivity index (χ0n) is 16.5. The minimum absolute atomic E-state index is 0.0535. The fraction of sp³-hybridized carbons (Fsp3) is 0.500. The summed E-state index contributed by atoms with van der Waals surface area (Å²) in [6.45, 7) is 2.76. The summed E-state index contributed by atoms with van der Waals surface area (Å²) in [4.78, 5) is 20.3. The van der Waals surface area contributed by atoms with Crippen molar-refractivity contribution in [2.45, 2.75) is 31.6 Å². The van der Waals surface area contributed by atoms with Gasteiger partial charge in [-0.15, -0.1) is 0 Å². The van der Waals surface area contributed by atoms with Crippen molar-refractivity contribution >= 4 is 23.4 Å². The van der Waals surface area contributed by atoms with Gasteiger partial charge in [0, 0.05) is 30.7 Å². The number of anilines is 2. The van der Waals surface area contributed by atoms with E-state index in [2.05, 4.69) is 4.98 Å². The predicted octanol–water partition coefficient (Wildman–Crippen LogP) is 3.12. The second-order valence-corrected chi connectivity index (χ2v) is 8.17. The molecule has 1 fully saturated rings. The molecule has 2 aliphatic heterocycles. The second kappa shape index (κ2) is 7.77. The molecule has 0 amide bonds. The number of alkyl halides is 3. The lowest BCUT2D eigenvalue weighted by Crippen LogP contribution is -2.56. The number of hydrogen-bond donors (Lipinski definition) is 0. The third-order valence-electron chi connectivity index (χ3n) is 5.76. The molecule has 1 saturated heterocycles. The number of aromatic nitrogens is 2. The van der Waals surface area contributed by atoms with Gasteiger partial charge >= 0.3 is 6.18 Å². The van der Waals surface area contributed by atoms with Gasteiger partial charge in [0.15, 0.2) is 5.54 Å². The smallest absolute Gasteiger partial charge is 0.378 e. The maximum Gasteiger partial charge on any atom is 0.413 e. The van der Waals surface area contributed by atoms with E-state index < -0.39 is 23.8 Å². The quantitative estimate of drug-likeness (QED) is 0.728. The lowest BCUT2D eigenvalue weighted by molar-refractivity contribution is -0.182. The number of ether oxygens (including phenoxy) is 1. The molecule has 1 aromatic heterocycles. The Morgan fingerprint density at radius 2 is 1.87 bits per heavy atom. The molecule has 4 rings (SSSR count). The molecule has 0 radical (unpaired) electrons. The molecule has 0 spiro atoms. The number of benzene rings is 1. The Hall–Kier alpha value is -2.26. The van der Waals surface area contributed by atoms with Crippen LogP contribution in [0.4, 0.5) is 24.9 Å². The van der Waals surface area contributed by atoms with Crippen LogP contribution in [0.1, 0.15) is 12.5 Å². The van der Waals surface area contributed by atoms with Crippen molar-refractivity contribution in [3.63, 3.8) is 0 Å². The third-order valence-corrected chi connectivity index (χ3v) is 6.01. The Bertz CT molecular complexity index is 973. The van der Waals surface area contributed by atoms with E-state index in [9.17, 15) is 18.0 Å². The maximum atomic E-state index is 14.1. The van der Waals surface area contributed by atoms with E-state index in [1.54, 1.807) is 24.3 Å². The van der Waals surface area contributed by atoms with Gasteiger partial charge in [-0.2, -0.15) is 18.2 Å². The first kappa shape index (κ1) is 21.0. The van der Waals surface area contributed by atoms with E-state index in [1.807, 2.05) is 4.90 Å². The Balaban J connectivity index is 1.70. The summed E-state index contributed by atoms with van der Waals surface area (Å²) in [5.41, 5.74) is -1.85. The second-order valence-electron chi connectivity index (χ2n) is 7.74. The molecule has 1 aromatic carbocycles. The Kier molecular flexibility index (Phi) is 5.44. The highest BCUT2D eigenvalue weighted by Gasteiger charge is 2.59. The summed E-state index contributed by atoms with van der Waals surface area (Å²) >= 11 is 5.90. The number of nitrogens with zero attached hydrogens (tertiary/aromatic N) is 4. The van der Waals surface area contributed by atoms with Crippen LogP contribution in [0.25, 0.3) is 0 Å². The SMILES string of the molecule is CC1(C(F)(F)F)Cn2c(nc(N3CCOCC3)cc2=O)N1CCc1ccc(Cl)cc1. The fourth-order valence-electron chi connectivity index (χ4n) is 3.89. The molecule has 2 aliphatic rings. The van der Waals surface area contributed by atoms with Crippen molar-refractivity contribution in [2.75, 3.05) is 42.6 Å². The zero-order chi connectivity index (χ0) is 21.5. The Morgan fingerprint density at radius 1 is 1.20 bits per heavy atom. The molecule has 3 heterocycles. The third kappa shape index (κ3) is 3.76. The van der Waals surface area contributed by atoms with Crippen molar-refractivity contribution in [1.29, 1.82) is 0 Å². The van der Waals surface area contributed by atoms with Crippen molar-refractivity contribution < 1.29 is 17.9 Å². The van der Waals surface area contributed by atoms with E-state index in [-0.39, 0.29) is 12.5 Å². The molecule has 0 bridgehead atoms. The number of fused-ring (bicyclic) bond motifs is 1. The van der Waals surface area contributed by atoms with Crippen molar-refractivity contribution in [3.05, 3.63) is 51.3 Å². The van der Waals surface area contributed by atoms with Gasteiger partial charge in [-0.05, 0) is 31.0 Å². The highest BCUT2D eigenvalue weighted by Crippen LogP contribution is 2.43. The van der Waals surface area contributed by atoms with Gasteiger partial charge in [-0.1, -0.05) is 23.7 Å². The average molecular weight is 443 g/mol. The Morgan fingerprint density at radius 3 is 2.50 bits per heavy atom. The number of rotatable bonds is 4. The van der Waals surface area contributed by atoms with Crippen LogP contribution < -0.4 is 15.4 Å². The van der Waals surface area contributed by atoms with E-state index in [0.29, 0.717) is 43.6 Å². The monoisotopic (exact) mass is 442 g/mol. The van der Waals surface area contributed by atoms with Crippen LogP contribution in [0, 0.1) is 0 Å². The van der Waals surface area contributed by atoms with Crippen LogP contribution in [-0.2, 0) is 17.7 Å². The van der Waals surface area contributed by atoms with Crippen LogP contribution in [-0.4, -0.2) is 54.1 Å². The molecule has 30 heavy (non-hydrogen) atoms. The minimum atomic E-state index is -4.54. The average Bonchev–Trinajstić information content (AvgIpc) is 3.01. The summed E-state index contributed by atoms with van der Waals surface area (Å²) in [7, 11) is 0. The van der Waals surface area contributed by atoms with Crippen molar-refractivity contribution in [2.24, 2.45) is 0 Å². The van der Waals surface area contributed by atoms with Gasteiger partial charge in [0.2, 0.25) is 5.95 Å². The van der Waals surface area contributed by atoms with Gasteiger partial charge in [-0.3, -0.25) is 9.36 Å². The van der Waals surface area contributed by atoms with Crippen LogP contribution in [0.15, 0.2) is 35.1 Å². The van der Waals surface area contributed by atoms with E-state index in [1.165, 1.54) is 11.0 Å². The van der Waals surface area contributed by atoms with E-state index in [0.717, 1.165) is 17.1 Å². The van der Waals surface area contributed by atoms with Gasteiger partial charge in [0.25, 0.3) is 5.56 Å². The first-order valence-electron chi connectivity index (χ1n) is 9.72. The molecular formula is C20H22ClF3N4O2. The predicted molar refractivity (Wildman–Crippen MR) is 108 cm³/mol. The van der Waals surface area contributed by atoms with E-state index >= 15 is 0 Å². The number of hydrogen-bond acceptors (Lipinski definition) is 5. The molecule has 2 aromatic rings. The summed E-state index contributed by atoms with van der Waals surface area (Å²) in [6.07, 6.45) is -4.17. The molecule has 1 atom stereocenters. The summed E-state index contributed by atoms with van der Waals surface area (Å²) in [6, 6.07) is 8.30. The standard InChI is InChI=1S/C20H22ClF3N4O2/c1-19(20(22,23)24)13-27-17(29)12-16(26-8-10-30-11-9-26)25-18(27)28(19)7-6-14-2-4-15(21)5-3-14/h2-5,12H,6-11,13H2,1H3. The molecule has 10 heteroatoms. The lowest BCUT2D eigenvalue weighted by atomic mass is 10.00. The topological polar surface area (TPSA) is 50.6 Å². The van der Waals surface area contributed by atoms with Crippen LogP contribution in [0.2, 0.25) is 5.02 Å². The van der Waals surface area contributed by atoms with Crippen LogP contribution in [0.5, 0.6) is 0 Å². The van der Waals surface area contributed by atoms with Gasteiger partial charge < -0.3 is 14.5 Å². The Labute approximate surface area is 176 Å². The fourth-order valence-corrected chi connectivity index (χ4v) is 4.01. The summed E-state index contributed by atoms with van der Waals surface area (Å²) < 4.78 is 48.7. The first-order valence-corrected chi connectivity index (χ1v) is 10.1. The highest BCUT2D eigenvalue weighted by atomic mass is 35.5. The van der Waals surface area contributed by atoms with E-state index in [4.69, 9.17) is 16.3 Å². The molecule has 0 aliphatic carbocycles.